The summed E-state index contributed by atoms with van der Waals surface area (Å²) >= 11 is 0. The summed E-state index contributed by atoms with van der Waals surface area (Å²) in [6.45, 7) is 3.89. The Labute approximate surface area is 175 Å². The van der Waals surface area contributed by atoms with Crippen LogP contribution in [0, 0.1) is 11.3 Å². The molecule has 1 aromatic heterocycles. The molecule has 0 saturated heterocycles. The SMILES string of the molecule is CC1=Nc2cc(-c3ccc4c(c3)CN(c3cc(N)ncc3C#N)CCO4)ccc2C1. The van der Waals surface area contributed by atoms with Crippen LogP contribution in [0.15, 0.2) is 53.7 Å². The molecule has 0 radical (unpaired) electrons. The van der Waals surface area contributed by atoms with Gasteiger partial charge in [0, 0.05) is 36.5 Å². The topological polar surface area (TPSA) is 87.5 Å². The first-order chi connectivity index (χ1) is 14.6. The van der Waals surface area contributed by atoms with Gasteiger partial charge in [-0.05, 0) is 41.8 Å². The number of pyridine rings is 1. The third-order valence-electron chi connectivity index (χ3n) is 5.58. The fourth-order valence-electron chi connectivity index (χ4n) is 4.11. The molecular weight excluding hydrogens is 374 g/mol. The van der Waals surface area contributed by atoms with E-state index >= 15 is 0 Å². The van der Waals surface area contributed by atoms with Gasteiger partial charge in [-0.3, -0.25) is 4.99 Å². The number of nitrogens with zero attached hydrogens (tertiary/aromatic N) is 4. The van der Waals surface area contributed by atoms with Crippen LogP contribution < -0.4 is 15.4 Å². The summed E-state index contributed by atoms with van der Waals surface area (Å²) in [5.41, 5.74) is 14.0. The summed E-state index contributed by atoms with van der Waals surface area (Å²) in [6, 6.07) is 16.7. The average molecular weight is 395 g/mol. The van der Waals surface area contributed by atoms with E-state index in [2.05, 4.69) is 58.2 Å². The van der Waals surface area contributed by atoms with Gasteiger partial charge in [-0.25, -0.2) is 4.98 Å². The normalized spacial score (nSPS) is 14.8. The molecule has 0 aliphatic carbocycles. The number of anilines is 2. The second-order valence-electron chi connectivity index (χ2n) is 7.70. The highest BCUT2D eigenvalue weighted by molar-refractivity contribution is 5.93. The Morgan fingerprint density at radius 1 is 1.10 bits per heavy atom. The number of benzene rings is 2. The first kappa shape index (κ1) is 18.2. The van der Waals surface area contributed by atoms with E-state index < -0.39 is 0 Å². The van der Waals surface area contributed by atoms with Crippen LogP contribution in [0.1, 0.15) is 23.6 Å². The molecule has 5 rings (SSSR count). The van der Waals surface area contributed by atoms with Crippen LogP contribution in [0.4, 0.5) is 17.2 Å². The Balaban J connectivity index is 1.51. The van der Waals surface area contributed by atoms with Crippen molar-refractivity contribution in [3.63, 3.8) is 0 Å². The molecule has 6 heteroatoms. The van der Waals surface area contributed by atoms with Crippen molar-refractivity contribution in [3.8, 4) is 22.9 Å². The number of aromatic nitrogens is 1. The summed E-state index contributed by atoms with van der Waals surface area (Å²) < 4.78 is 5.99. The van der Waals surface area contributed by atoms with Crippen LogP contribution in [-0.4, -0.2) is 23.8 Å². The molecule has 2 aromatic carbocycles. The van der Waals surface area contributed by atoms with E-state index in [-0.39, 0.29) is 0 Å². The molecule has 0 bridgehead atoms. The fourth-order valence-corrected chi connectivity index (χ4v) is 4.11. The minimum absolute atomic E-state index is 0.400. The molecule has 0 amide bonds. The Hall–Kier alpha value is -3.85. The summed E-state index contributed by atoms with van der Waals surface area (Å²) in [4.78, 5) is 10.8. The van der Waals surface area contributed by atoms with Crippen LogP contribution in [0.25, 0.3) is 11.1 Å². The molecule has 148 valence electrons. The zero-order chi connectivity index (χ0) is 20.7. The van der Waals surface area contributed by atoms with Crippen molar-refractivity contribution >= 4 is 22.9 Å². The minimum atomic E-state index is 0.400. The second-order valence-corrected chi connectivity index (χ2v) is 7.70. The molecule has 2 aliphatic rings. The van der Waals surface area contributed by atoms with Crippen molar-refractivity contribution < 1.29 is 4.74 Å². The third kappa shape index (κ3) is 3.25. The van der Waals surface area contributed by atoms with Crippen LogP contribution in [0.2, 0.25) is 0 Å². The molecule has 2 N–H and O–H groups in total. The molecule has 0 saturated carbocycles. The molecule has 3 heterocycles. The van der Waals surface area contributed by atoms with E-state index in [4.69, 9.17) is 10.5 Å². The zero-order valence-corrected chi connectivity index (χ0v) is 16.7. The Morgan fingerprint density at radius 2 is 1.93 bits per heavy atom. The van der Waals surface area contributed by atoms with Gasteiger partial charge in [0.1, 0.15) is 24.2 Å². The van der Waals surface area contributed by atoms with Crippen molar-refractivity contribution in [1.29, 1.82) is 5.26 Å². The summed E-state index contributed by atoms with van der Waals surface area (Å²) in [5.74, 6) is 1.27. The summed E-state index contributed by atoms with van der Waals surface area (Å²) in [5, 5.41) is 9.49. The number of aliphatic imine (C=N–C) groups is 1. The number of ether oxygens (including phenoxy) is 1. The lowest BCUT2D eigenvalue weighted by Gasteiger charge is -2.23. The number of fused-ring (bicyclic) bond motifs is 2. The van der Waals surface area contributed by atoms with E-state index in [1.54, 1.807) is 6.07 Å². The highest BCUT2D eigenvalue weighted by Gasteiger charge is 2.20. The van der Waals surface area contributed by atoms with Crippen molar-refractivity contribution in [3.05, 3.63) is 65.4 Å². The molecule has 0 spiro atoms. The van der Waals surface area contributed by atoms with E-state index in [9.17, 15) is 5.26 Å². The third-order valence-corrected chi connectivity index (χ3v) is 5.58. The fraction of sp³-hybridized carbons (Fsp3) is 0.208. The lowest BCUT2D eigenvalue weighted by atomic mass is 9.99. The second kappa shape index (κ2) is 7.20. The van der Waals surface area contributed by atoms with Crippen molar-refractivity contribution in [2.24, 2.45) is 4.99 Å². The molecule has 2 aliphatic heterocycles. The summed E-state index contributed by atoms with van der Waals surface area (Å²) in [7, 11) is 0. The average Bonchev–Trinajstić information content (AvgIpc) is 2.99. The van der Waals surface area contributed by atoms with E-state index in [1.165, 1.54) is 11.8 Å². The molecule has 6 nitrogen and oxygen atoms in total. The van der Waals surface area contributed by atoms with Crippen LogP contribution in [0.3, 0.4) is 0 Å². The first-order valence-electron chi connectivity index (χ1n) is 9.94. The lowest BCUT2D eigenvalue weighted by Crippen LogP contribution is -2.26. The van der Waals surface area contributed by atoms with Crippen molar-refractivity contribution in [1.82, 2.24) is 4.98 Å². The maximum Gasteiger partial charge on any atom is 0.125 e. The monoisotopic (exact) mass is 395 g/mol. The number of nitrogens with two attached hydrogens (primary N) is 1. The molecule has 30 heavy (non-hydrogen) atoms. The number of hydrogen-bond donors (Lipinski definition) is 1. The largest absolute Gasteiger partial charge is 0.491 e. The lowest BCUT2D eigenvalue weighted by molar-refractivity contribution is 0.331. The molecule has 0 unspecified atom stereocenters. The van der Waals surface area contributed by atoms with Gasteiger partial charge in [-0.2, -0.15) is 5.26 Å². The van der Waals surface area contributed by atoms with Gasteiger partial charge in [-0.1, -0.05) is 18.2 Å². The Morgan fingerprint density at radius 3 is 2.80 bits per heavy atom. The van der Waals surface area contributed by atoms with Crippen molar-refractivity contribution in [2.75, 3.05) is 23.8 Å². The van der Waals surface area contributed by atoms with E-state index in [1.807, 2.05) is 6.07 Å². The molecule has 0 fully saturated rings. The van der Waals surface area contributed by atoms with Gasteiger partial charge in [-0.15, -0.1) is 0 Å². The van der Waals surface area contributed by atoms with Gasteiger partial charge in [0.2, 0.25) is 0 Å². The molecule has 3 aromatic rings. The van der Waals surface area contributed by atoms with Gasteiger partial charge >= 0.3 is 0 Å². The van der Waals surface area contributed by atoms with Crippen LogP contribution in [-0.2, 0) is 13.0 Å². The van der Waals surface area contributed by atoms with Gasteiger partial charge < -0.3 is 15.4 Å². The Bertz CT molecular complexity index is 1220. The van der Waals surface area contributed by atoms with Gasteiger partial charge in [0.25, 0.3) is 0 Å². The maximum atomic E-state index is 9.49. The van der Waals surface area contributed by atoms with Crippen molar-refractivity contribution in [2.45, 2.75) is 19.9 Å². The molecular formula is C24H21N5O. The van der Waals surface area contributed by atoms with E-state index in [0.717, 1.165) is 45.9 Å². The minimum Gasteiger partial charge on any atom is -0.491 e. The smallest absolute Gasteiger partial charge is 0.125 e. The van der Waals surface area contributed by atoms with E-state index in [0.29, 0.717) is 31.1 Å². The van der Waals surface area contributed by atoms with Gasteiger partial charge in [0.15, 0.2) is 0 Å². The van der Waals surface area contributed by atoms with Gasteiger partial charge in [0.05, 0.1) is 23.5 Å². The number of nitrogen functional groups attached to an aromatic ring is 1. The number of nitriles is 1. The Kier molecular flexibility index (Phi) is 4.36. The van der Waals surface area contributed by atoms with Crippen LogP contribution in [0.5, 0.6) is 5.75 Å². The maximum absolute atomic E-state index is 9.49. The zero-order valence-electron chi connectivity index (χ0n) is 16.7. The number of hydrogen-bond acceptors (Lipinski definition) is 6. The predicted octanol–water partition coefficient (Wildman–Crippen LogP) is 4.25. The predicted molar refractivity (Wildman–Crippen MR) is 118 cm³/mol. The highest BCUT2D eigenvalue weighted by Crippen LogP contribution is 2.35. The molecule has 0 atom stereocenters. The standard InChI is InChI=1S/C24H21N5O/c1-15-8-18-3-2-17(10-21(18)28-15)16-4-5-23-19(9-16)14-29(6-7-30-23)22-11-24(26)27-13-20(22)12-25/h2-5,9-11,13H,6-8,14H2,1H3,(H2,26,27). The quantitative estimate of drug-likeness (QED) is 0.701. The first-order valence-corrected chi connectivity index (χ1v) is 9.94. The number of rotatable bonds is 2. The highest BCUT2D eigenvalue weighted by atomic mass is 16.5. The van der Waals surface area contributed by atoms with Crippen LogP contribution >= 0.6 is 0 Å². The summed E-state index contributed by atoms with van der Waals surface area (Å²) in [6.07, 6.45) is 2.46.